The summed E-state index contributed by atoms with van der Waals surface area (Å²) >= 11 is 4.52. The maximum atomic E-state index is 12.9. The Morgan fingerprint density at radius 3 is 2.58 bits per heavy atom. The van der Waals surface area contributed by atoms with E-state index >= 15 is 0 Å². The summed E-state index contributed by atoms with van der Waals surface area (Å²) in [5.74, 6) is -0.384. The summed E-state index contributed by atoms with van der Waals surface area (Å²) in [6.07, 6.45) is 0. The van der Waals surface area contributed by atoms with Gasteiger partial charge in [0.2, 0.25) is 5.13 Å². The molecular formula is C23H16N4O3S3. The molecule has 0 atom stereocenters. The van der Waals surface area contributed by atoms with Crippen molar-refractivity contribution in [3.63, 3.8) is 0 Å². The van der Waals surface area contributed by atoms with Gasteiger partial charge in [0.25, 0.3) is 17.7 Å². The van der Waals surface area contributed by atoms with Crippen LogP contribution in [0.1, 0.15) is 41.5 Å². The van der Waals surface area contributed by atoms with E-state index < -0.39 is 11.8 Å². The van der Waals surface area contributed by atoms with Gasteiger partial charge in [-0.1, -0.05) is 59.5 Å². The van der Waals surface area contributed by atoms with Crippen LogP contribution in [0.15, 0.2) is 70.4 Å². The van der Waals surface area contributed by atoms with E-state index in [0.29, 0.717) is 10.7 Å². The number of carbonyl (C=O) groups excluding carboxylic acids is 3. The first-order valence-corrected chi connectivity index (χ1v) is 12.6. The second-order valence-corrected chi connectivity index (χ2v) is 10.4. The number of rotatable bonds is 7. The number of aromatic nitrogens is 2. The highest BCUT2D eigenvalue weighted by Crippen LogP contribution is 2.30. The van der Waals surface area contributed by atoms with Crippen LogP contribution in [0.4, 0.5) is 5.13 Å². The highest BCUT2D eigenvalue weighted by Gasteiger charge is 2.36. The molecule has 4 aromatic rings. The van der Waals surface area contributed by atoms with Crippen molar-refractivity contribution < 1.29 is 14.4 Å². The summed E-state index contributed by atoms with van der Waals surface area (Å²) < 4.78 is 0.755. The fourth-order valence-electron chi connectivity index (χ4n) is 3.36. The van der Waals surface area contributed by atoms with Crippen molar-refractivity contribution in [3.8, 4) is 0 Å². The van der Waals surface area contributed by atoms with E-state index in [2.05, 4.69) is 21.6 Å². The predicted molar refractivity (Wildman–Crippen MR) is 129 cm³/mol. The molecule has 0 fully saturated rings. The van der Waals surface area contributed by atoms with Gasteiger partial charge in [0.15, 0.2) is 4.34 Å². The van der Waals surface area contributed by atoms with Crippen LogP contribution in [-0.2, 0) is 12.3 Å². The lowest BCUT2D eigenvalue weighted by Gasteiger charge is -2.13. The molecule has 0 bridgehead atoms. The quantitative estimate of drug-likeness (QED) is 0.223. The summed E-state index contributed by atoms with van der Waals surface area (Å²) in [4.78, 5) is 40.8. The summed E-state index contributed by atoms with van der Waals surface area (Å²) in [6.45, 7) is 0.186. The first-order valence-electron chi connectivity index (χ1n) is 9.93. The van der Waals surface area contributed by atoms with E-state index in [9.17, 15) is 14.4 Å². The Labute approximate surface area is 201 Å². The van der Waals surface area contributed by atoms with Gasteiger partial charge in [-0.25, -0.2) is 0 Å². The number of hydrogen-bond acceptors (Lipinski definition) is 8. The van der Waals surface area contributed by atoms with E-state index in [1.54, 1.807) is 29.2 Å². The highest BCUT2D eigenvalue weighted by molar-refractivity contribution is 8.00. The minimum absolute atomic E-state index is 0.186. The molecule has 0 saturated heterocycles. The first kappa shape index (κ1) is 21.5. The molecular weight excluding hydrogens is 476 g/mol. The number of carbonyl (C=O) groups is 3. The number of thiophene rings is 1. The second-order valence-electron chi connectivity index (χ2n) is 7.14. The molecule has 3 amide bonds. The lowest BCUT2D eigenvalue weighted by molar-refractivity contribution is 0.0642. The zero-order valence-electron chi connectivity index (χ0n) is 17.1. The van der Waals surface area contributed by atoms with E-state index in [-0.39, 0.29) is 23.6 Å². The normalized spacial score (nSPS) is 12.8. The lowest BCUT2D eigenvalue weighted by atomic mass is 10.1. The summed E-state index contributed by atoms with van der Waals surface area (Å²) in [7, 11) is 0. The molecule has 1 N–H and O–H groups in total. The van der Waals surface area contributed by atoms with Crippen LogP contribution in [0, 0.1) is 0 Å². The molecule has 0 saturated carbocycles. The summed E-state index contributed by atoms with van der Waals surface area (Å²) in [6, 6.07) is 17.9. The summed E-state index contributed by atoms with van der Waals surface area (Å²) in [5, 5.41) is 13.3. The molecule has 0 spiro atoms. The molecule has 0 aliphatic carbocycles. The molecule has 1 aliphatic heterocycles. The topological polar surface area (TPSA) is 92.3 Å². The number of nitrogens with one attached hydrogen (secondary N) is 1. The number of benzene rings is 2. The van der Waals surface area contributed by atoms with E-state index in [0.717, 1.165) is 15.7 Å². The molecule has 5 rings (SSSR count). The van der Waals surface area contributed by atoms with Crippen molar-refractivity contribution >= 4 is 57.3 Å². The van der Waals surface area contributed by atoms with Crippen LogP contribution in [0.5, 0.6) is 0 Å². The van der Waals surface area contributed by atoms with Crippen molar-refractivity contribution in [2.24, 2.45) is 0 Å². The van der Waals surface area contributed by atoms with Crippen molar-refractivity contribution in [2.75, 3.05) is 5.32 Å². The van der Waals surface area contributed by atoms with E-state index in [1.807, 2.05) is 41.8 Å². The van der Waals surface area contributed by atoms with Gasteiger partial charge in [-0.05, 0) is 35.2 Å². The lowest BCUT2D eigenvalue weighted by Crippen LogP contribution is -2.29. The number of hydrogen-bond donors (Lipinski definition) is 1. The van der Waals surface area contributed by atoms with E-state index in [1.165, 1.54) is 33.2 Å². The number of amides is 3. The Balaban J connectivity index is 1.27. The number of fused-ring (bicyclic) bond motifs is 1. The molecule has 3 heterocycles. The van der Waals surface area contributed by atoms with Crippen molar-refractivity contribution in [3.05, 3.63) is 93.2 Å². The Morgan fingerprint density at radius 2 is 1.79 bits per heavy atom. The molecule has 7 nitrogen and oxygen atoms in total. The molecule has 10 heteroatoms. The van der Waals surface area contributed by atoms with Gasteiger partial charge in [-0.15, -0.1) is 21.5 Å². The maximum Gasteiger partial charge on any atom is 0.261 e. The fourth-order valence-corrected chi connectivity index (χ4v) is 5.88. The maximum absolute atomic E-state index is 12.9. The third-order valence-corrected chi connectivity index (χ3v) is 8.04. The third-order valence-electron chi connectivity index (χ3n) is 4.96. The molecule has 0 unspecified atom stereocenters. The Hall–Kier alpha value is -3.34. The van der Waals surface area contributed by atoms with Gasteiger partial charge >= 0.3 is 0 Å². The van der Waals surface area contributed by atoms with Gasteiger partial charge in [0.1, 0.15) is 0 Å². The number of anilines is 1. The fraction of sp³-hybridized carbons (Fsp3) is 0.0870. The Kier molecular flexibility index (Phi) is 6.03. The molecule has 1 aliphatic rings. The van der Waals surface area contributed by atoms with Crippen LogP contribution in [-0.4, -0.2) is 32.8 Å². The number of thioether (sulfide) groups is 1. The van der Waals surface area contributed by atoms with Crippen LogP contribution < -0.4 is 5.32 Å². The van der Waals surface area contributed by atoms with Crippen molar-refractivity contribution in [2.45, 2.75) is 16.6 Å². The third kappa shape index (κ3) is 4.58. The summed E-state index contributed by atoms with van der Waals surface area (Å²) in [5.41, 5.74) is 1.66. The van der Waals surface area contributed by atoms with Gasteiger partial charge < -0.3 is 0 Å². The predicted octanol–water partition coefficient (Wildman–Crippen LogP) is 4.94. The molecule has 2 aromatic heterocycles. The standard InChI is InChI=1S/C23H16N4O3S3/c28-19(24-22-25-26-23(33-22)32-13-16-7-4-10-31-16)15-8-9-17-18(11-15)21(30)27(20(17)29)12-14-5-2-1-3-6-14/h1-11H,12-13H2,(H,24,25,28). The van der Waals surface area contributed by atoms with E-state index in [4.69, 9.17) is 0 Å². The van der Waals surface area contributed by atoms with Gasteiger partial charge in [0.05, 0.1) is 17.7 Å². The minimum atomic E-state index is -0.412. The molecule has 0 radical (unpaired) electrons. The molecule has 33 heavy (non-hydrogen) atoms. The van der Waals surface area contributed by atoms with Gasteiger partial charge in [0, 0.05) is 16.2 Å². The highest BCUT2D eigenvalue weighted by atomic mass is 32.2. The monoisotopic (exact) mass is 492 g/mol. The molecule has 2 aromatic carbocycles. The Bertz CT molecular complexity index is 1340. The average Bonchev–Trinajstić information content (AvgIpc) is 3.56. The van der Waals surface area contributed by atoms with Crippen LogP contribution >= 0.6 is 34.4 Å². The van der Waals surface area contributed by atoms with Gasteiger partial charge in [-0.3, -0.25) is 24.6 Å². The largest absolute Gasteiger partial charge is 0.296 e. The zero-order valence-corrected chi connectivity index (χ0v) is 19.5. The Morgan fingerprint density at radius 1 is 0.970 bits per heavy atom. The number of imide groups is 1. The van der Waals surface area contributed by atoms with Crippen molar-refractivity contribution in [1.82, 2.24) is 15.1 Å². The minimum Gasteiger partial charge on any atom is -0.296 e. The molecule has 164 valence electrons. The zero-order chi connectivity index (χ0) is 22.8. The smallest absolute Gasteiger partial charge is 0.261 e. The average molecular weight is 493 g/mol. The number of nitrogens with zero attached hydrogens (tertiary/aromatic N) is 3. The van der Waals surface area contributed by atoms with Crippen LogP contribution in [0.25, 0.3) is 0 Å². The second kappa shape index (κ2) is 9.26. The van der Waals surface area contributed by atoms with Crippen LogP contribution in [0.3, 0.4) is 0 Å². The van der Waals surface area contributed by atoms with Gasteiger partial charge in [-0.2, -0.15) is 0 Å². The van der Waals surface area contributed by atoms with Crippen LogP contribution in [0.2, 0.25) is 0 Å². The SMILES string of the molecule is O=C(Nc1nnc(SCc2cccs2)s1)c1ccc2c(c1)C(=O)N(Cc1ccccc1)C2=O. The first-order chi connectivity index (χ1) is 16.1. The van der Waals surface area contributed by atoms with Crippen molar-refractivity contribution in [1.29, 1.82) is 0 Å².